The molecular formula is C15H28N2O4. The smallest absolute Gasteiger partial charge is 0.408 e. The molecule has 0 saturated carbocycles. The number of alkyl carbamates (subject to hydrolysis) is 1. The van der Waals surface area contributed by atoms with Crippen LogP contribution >= 0.6 is 0 Å². The average Bonchev–Trinajstić information content (AvgIpc) is 2.22. The summed E-state index contributed by atoms with van der Waals surface area (Å²) < 4.78 is 10.8. The monoisotopic (exact) mass is 300 g/mol. The van der Waals surface area contributed by atoms with Crippen molar-refractivity contribution in [1.29, 1.82) is 0 Å². The van der Waals surface area contributed by atoms with Gasteiger partial charge >= 0.3 is 6.09 Å². The number of hydrogen-bond acceptors (Lipinski definition) is 4. The maximum absolute atomic E-state index is 12.6. The van der Waals surface area contributed by atoms with Gasteiger partial charge in [0.15, 0.2) is 0 Å². The van der Waals surface area contributed by atoms with Gasteiger partial charge in [-0.2, -0.15) is 0 Å². The number of carbonyl (C=O) groups is 2. The number of nitrogens with one attached hydrogen (secondary N) is 1. The second kappa shape index (κ2) is 6.22. The molecule has 1 aliphatic rings. The van der Waals surface area contributed by atoms with Crippen LogP contribution in [0.1, 0.15) is 48.5 Å². The van der Waals surface area contributed by atoms with Crippen molar-refractivity contribution >= 4 is 12.0 Å². The third-order valence-electron chi connectivity index (χ3n) is 3.05. The summed E-state index contributed by atoms with van der Waals surface area (Å²) in [6, 6.07) is 0. The van der Waals surface area contributed by atoms with Crippen molar-refractivity contribution < 1.29 is 19.1 Å². The van der Waals surface area contributed by atoms with E-state index >= 15 is 0 Å². The molecule has 2 atom stereocenters. The summed E-state index contributed by atoms with van der Waals surface area (Å²) in [5, 5.41) is 2.65. The molecule has 1 saturated heterocycles. The number of amides is 2. The van der Waals surface area contributed by atoms with Crippen LogP contribution in [0.4, 0.5) is 4.79 Å². The van der Waals surface area contributed by atoms with Crippen molar-refractivity contribution in [2.75, 3.05) is 13.1 Å². The molecule has 0 aromatic heterocycles. The summed E-state index contributed by atoms with van der Waals surface area (Å²) in [4.78, 5) is 26.2. The molecule has 1 N–H and O–H groups in total. The van der Waals surface area contributed by atoms with Crippen molar-refractivity contribution in [3.63, 3.8) is 0 Å². The number of rotatable bonds is 2. The molecule has 0 radical (unpaired) electrons. The fraction of sp³-hybridized carbons (Fsp3) is 0.867. The quantitative estimate of drug-likeness (QED) is 0.846. The maximum atomic E-state index is 12.6. The number of morpholine rings is 1. The number of ether oxygens (including phenoxy) is 2. The summed E-state index contributed by atoms with van der Waals surface area (Å²) in [7, 11) is 0. The van der Waals surface area contributed by atoms with E-state index in [2.05, 4.69) is 5.32 Å². The van der Waals surface area contributed by atoms with Gasteiger partial charge in [0.2, 0.25) is 5.91 Å². The van der Waals surface area contributed by atoms with Gasteiger partial charge in [0, 0.05) is 13.1 Å². The van der Waals surface area contributed by atoms with Crippen LogP contribution in [0, 0.1) is 0 Å². The Morgan fingerprint density at radius 2 is 1.57 bits per heavy atom. The largest absolute Gasteiger partial charge is 0.444 e. The van der Waals surface area contributed by atoms with Gasteiger partial charge in [-0.25, -0.2) is 4.79 Å². The molecule has 0 aliphatic carbocycles. The van der Waals surface area contributed by atoms with Crippen LogP contribution in [-0.4, -0.2) is 53.3 Å². The zero-order valence-electron chi connectivity index (χ0n) is 14.1. The van der Waals surface area contributed by atoms with E-state index in [0.717, 1.165) is 0 Å². The Morgan fingerprint density at radius 1 is 1.10 bits per heavy atom. The van der Waals surface area contributed by atoms with Crippen LogP contribution in [0.2, 0.25) is 0 Å². The van der Waals surface area contributed by atoms with Crippen LogP contribution in [0.3, 0.4) is 0 Å². The topological polar surface area (TPSA) is 67.9 Å². The minimum Gasteiger partial charge on any atom is -0.444 e. The summed E-state index contributed by atoms with van der Waals surface area (Å²) in [6.45, 7) is 13.7. The van der Waals surface area contributed by atoms with Crippen LogP contribution < -0.4 is 5.32 Å². The molecule has 6 heteroatoms. The highest BCUT2D eigenvalue weighted by Crippen LogP contribution is 2.17. The van der Waals surface area contributed by atoms with E-state index in [1.807, 2.05) is 13.8 Å². The molecule has 1 rings (SSSR count). The zero-order valence-corrected chi connectivity index (χ0v) is 14.1. The number of carbonyl (C=O) groups excluding carboxylic acids is 2. The highest BCUT2D eigenvalue weighted by Gasteiger charge is 2.37. The lowest BCUT2D eigenvalue weighted by Crippen LogP contribution is -2.60. The van der Waals surface area contributed by atoms with Crippen molar-refractivity contribution in [3.05, 3.63) is 0 Å². The van der Waals surface area contributed by atoms with Gasteiger partial charge in [-0.1, -0.05) is 0 Å². The molecular weight excluding hydrogens is 272 g/mol. The molecule has 6 nitrogen and oxygen atoms in total. The van der Waals surface area contributed by atoms with Gasteiger partial charge in [0.25, 0.3) is 0 Å². The summed E-state index contributed by atoms with van der Waals surface area (Å²) in [5.41, 5.74) is -1.61. The van der Waals surface area contributed by atoms with E-state index in [4.69, 9.17) is 9.47 Å². The van der Waals surface area contributed by atoms with Gasteiger partial charge in [0.05, 0.1) is 12.2 Å². The van der Waals surface area contributed by atoms with Crippen molar-refractivity contribution in [2.24, 2.45) is 0 Å². The molecule has 1 aliphatic heterocycles. The summed E-state index contributed by atoms with van der Waals surface area (Å²) in [5.74, 6) is -0.129. The zero-order chi connectivity index (χ0) is 16.4. The lowest BCUT2D eigenvalue weighted by atomic mass is 10.0. The van der Waals surface area contributed by atoms with Gasteiger partial charge in [0.1, 0.15) is 11.1 Å². The van der Waals surface area contributed by atoms with Crippen LogP contribution in [0.15, 0.2) is 0 Å². The number of nitrogens with zero attached hydrogens (tertiary/aromatic N) is 1. The minimum atomic E-state index is -1.01. The Kier molecular flexibility index (Phi) is 5.25. The fourth-order valence-corrected chi connectivity index (χ4v) is 2.35. The van der Waals surface area contributed by atoms with Crippen molar-refractivity contribution in [1.82, 2.24) is 10.2 Å². The van der Waals surface area contributed by atoms with E-state index in [1.54, 1.807) is 39.5 Å². The third-order valence-corrected chi connectivity index (χ3v) is 3.05. The summed E-state index contributed by atoms with van der Waals surface area (Å²) in [6.07, 6.45) is -0.597. The first-order valence-corrected chi connectivity index (χ1v) is 7.37. The first-order chi connectivity index (χ1) is 9.40. The molecule has 0 spiro atoms. The first kappa shape index (κ1) is 17.8. The van der Waals surface area contributed by atoms with Gasteiger partial charge in [-0.3, -0.25) is 4.79 Å². The maximum Gasteiger partial charge on any atom is 0.408 e. The van der Waals surface area contributed by atoms with Crippen LogP contribution in [-0.2, 0) is 14.3 Å². The molecule has 0 bridgehead atoms. The lowest BCUT2D eigenvalue weighted by molar-refractivity contribution is -0.148. The summed E-state index contributed by atoms with van der Waals surface area (Å²) >= 11 is 0. The van der Waals surface area contributed by atoms with Crippen molar-refractivity contribution in [2.45, 2.75) is 71.8 Å². The van der Waals surface area contributed by atoms with Gasteiger partial charge in [-0.05, 0) is 48.5 Å². The minimum absolute atomic E-state index is 0.00460. The van der Waals surface area contributed by atoms with Gasteiger partial charge < -0.3 is 19.7 Å². The van der Waals surface area contributed by atoms with Crippen LogP contribution in [0.5, 0.6) is 0 Å². The van der Waals surface area contributed by atoms with Gasteiger partial charge in [-0.15, -0.1) is 0 Å². The lowest BCUT2D eigenvalue weighted by Gasteiger charge is -2.39. The Hall–Kier alpha value is -1.30. The molecule has 21 heavy (non-hydrogen) atoms. The predicted octanol–water partition coefficient (Wildman–Crippen LogP) is 1.93. The highest BCUT2D eigenvalue weighted by atomic mass is 16.6. The van der Waals surface area contributed by atoms with Crippen LogP contribution in [0.25, 0.3) is 0 Å². The van der Waals surface area contributed by atoms with E-state index in [-0.39, 0.29) is 18.1 Å². The Morgan fingerprint density at radius 3 is 2.00 bits per heavy atom. The van der Waals surface area contributed by atoms with E-state index < -0.39 is 17.2 Å². The van der Waals surface area contributed by atoms with E-state index in [0.29, 0.717) is 13.1 Å². The Balaban J connectivity index is 2.68. The normalized spacial score (nSPS) is 23.7. The standard InChI is InChI=1S/C15H28N2O4/c1-10-8-17(9-11(2)20-10)12(18)15(6,7)16-13(19)21-14(3,4)5/h10-11H,8-9H2,1-7H3,(H,16,19). The molecule has 1 heterocycles. The van der Waals surface area contributed by atoms with E-state index in [1.165, 1.54) is 0 Å². The second-order valence-electron chi connectivity index (χ2n) is 7.22. The molecule has 122 valence electrons. The first-order valence-electron chi connectivity index (χ1n) is 7.37. The molecule has 2 unspecified atom stereocenters. The number of hydrogen-bond donors (Lipinski definition) is 1. The predicted molar refractivity (Wildman–Crippen MR) is 80.0 cm³/mol. The average molecular weight is 300 g/mol. The SMILES string of the molecule is CC1CN(C(=O)C(C)(C)NC(=O)OC(C)(C)C)CC(C)O1. The Bertz CT molecular complexity index is 391. The fourth-order valence-electron chi connectivity index (χ4n) is 2.35. The van der Waals surface area contributed by atoms with E-state index in [9.17, 15) is 9.59 Å². The molecule has 0 aromatic carbocycles. The third kappa shape index (κ3) is 5.53. The molecule has 0 aromatic rings. The highest BCUT2D eigenvalue weighted by molar-refractivity contribution is 5.89. The second-order valence-corrected chi connectivity index (χ2v) is 7.22. The Labute approximate surface area is 127 Å². The molecule has 1 fully saturated rings. The van der Waals surface area contributed by atoms with Crippen molar-refractivity contribution in [3.8, 4) is 0 Å². The molecule has 2 amide bonds.